The van der Waals surface area contributed by atoms with Crippen LogP contribution in [0, 0.1) is 0 Å². The normalized spacial score (nSPS) is 22.8. The Morgan fingerprint density at radius 3 is 2.24 bits per heavy atom. The van der Waals surface area contributed by atoms with Crippen molar-refractivity contribution in [3.63, 3.8) is 0 Å². The molecule has 2 heterocycles. The number of aryl methyl sites for hydroxylation is 1. The zero-order valence-corrected chi connectivity index (χ0v) is 22.0. The van der Waals surface area contributed by atoms with Gasteiger partial charge in [-0.1, -0.05) is 23.5 Å². The van der Waals surface area contributed by atoms with E-state index in [0.29, 0.717) is 5.52 Å². The second-order valence-corrected chi connectivity index (χ2v) is 9.44. The van der Waals surface area contributed by atoms with Crippen molar-refractivity contribution in [1.29, 1.82) is 0 Å². The number of para-hydroxylation sites is 1. The molecule has 0 saturated carbocycles. The van der Waals surface area contributed by atoms with Gasteiger partial charge in [0.1, 0.15) is 18.8 Å². The average molecular weight is 553 g/mol. The molecule has 1 aliphatic heterocycles. The molecule has 0 bridgehead atoms. The van der Waals surface area contributed by atoms with Gasteiger partial charge in [0.15, 0.2) is 12.2 Å². The summed E-state index contributed by atoms with van der Waals surface area (Å²) < 4.78 is 29.2. The van der Waals surface area contributed by atoms with Crippen molar-refractivity contribution in [2.75, 3.05) is 6.61 Å². The first-order valence-electron chi connectivity index (χ1n) is 11.6. The lowest BCUT2D eigenvalue weighted by Gasteiger charge is -2.44. The number of nitrogens with one attached hydrogen (secondary N) is 1. The second-order valence-electron chi connectivity index (χ2n) is 8.45. The molecule has 2 aromatic rings. The van der Waals surface area contributed by atoms with Crippen LogP contribution in [0.15, 0.2) is 29.1 Å². The van der Waals surface area contributed by atoms with Crippen molar-refractivity contribution in [2.24, 2.45) is 0 Å². The van der Waals surface area contributed by atoms with E-state index in [1.165, 1.54) is 11.5 Å². The van der Waals surface area contributed by atoms with E-state index >= 15 is 0 Å². The van der Waals surface area contributed by atoms with Crippen LogP contribution in [-0.2, 0) is 54.2 Å². The third-order valence-electron chi connectivity index (χ3n) is 5.43. The van der Waals surface area contributed by atoms with Crippen LogP contribution in [0.2, 0.25) is 0 Å². The molecule has 1 saturated heterocycles. The minimum Gasteiger partial charge on any atom is -0.463 e. The number of carbonyl (C=O) groups is 5. The molecule has 5 atom stereocenters. The maximum Gasteiger partial charge on any atom is 0.309 e. The Morgan fingerprint density at radius 2 is 1.61 bits per heavy atom. The first-order valence-corrected chi connectivity index (χ1v) is 12.5. The Morgan fingerprint density at radius 1 is 0.947 bits per heavy atom. The van der Waals surface area contributed by atoms with Gasteiger partial charge in [0, 0.05) is 34.2 Å². The molecule has 1 aliphatic rings. The van der Waals surface area contributed by atoms with Gasteiger partial charge < -0.3 is 29.0 Å². The molecule has 13 nitrogen and oxygen atoms in total. The minimum absolute atomic E-state index is 0.0134. The summed E-state index contributed by atoms with van der Waals surface area (Å²) in [6.07, 6.45) is -5.61. The van der Waals surface area contributed by atoms with Crippen LogP contribution in [-0.4, -0.2) is 71.6 Å². The maximum atomic E-state index is 12.8. The Hall–Kier alpha value is -3.78. The average Bonchev–Trinajstić information content (AvgIpc) is 3.14. The van der Waals surface area contributed by atoms with Gasteiger partial charge >= 0.3 is 28.8 Å². The highest BCUT2D eigenvalue weighted by Gasteiger charge is 2.52. The van der Waals surface area contributed by atoms with Gasteiger partial charge in [-0.3, -0.25) is 33.3 Å². The molecule has 1 amide bonds. The second kappa shape index (κ2) is 12.6. The maximum absolute atomic E-state index is 12.8. The molecular weight excluding hydrogens is 524 g/mol. The van der Waals surface area contributed by atoms with E-state index in [4.69, 9.17) is 23.7 Å². The van der Waals surface area contributed by atoms with Gasteiger partial charge in [-0.25, -0.2) is 0 Å². The third kappa shape index (κ3) is 7.38. The fourth-order valence-electron chi connectivity index (χ4n) is 4.01. The zero-order valence-electron chi connectivity index (χ0n) is 21.2. The quantitative estimate of drug-likeness (QED) is 0.343. The monoisotopic (exact) mass is 552 g/mol. The number of fused-ring (bicyclic) bond motifs is 1. The molecule has 1 aromatic heterocycles. The highest BCUT2D eigenvalue weighted by atomic mass is 32.1. The van der Waals surface area contributed by atoms with Crippen molar-refractivity contribution >= 4 is 51.3 Å². The standard InChI is InChI=1S/C24H28N2O11S/c1-12(27)25-20-22(35-15(4)30)21(34-14(3)29)17(11-33-13(2)28)36-23(20)37-19(31)9-10-26-16-7-5-6-8-18(16)38-24(26)32/h5-8,17,20-23H,9-11H2,1-4H3,(H,25,27)/t17-,20+,21+,22-,23+/m1/s1. The number of benzene rings is 1. The topological polar surface area (TPSA) is 166 Å². The molecule has 0 aliphatic carbocycles. The number of hydrogen-bond donors (Lipinski definition) is 1. The van der Waals surface area contributed by atoms with E-state index in [0.717, 1.165) is 36.8 Å². The summed E-state index contributed by atoms with van der Waals surface area (Å²) in [7, 11) is 0. The highest BCUT2D eigenvalue weighted by Crippen LogP contribution is 2.28. The van der Waals surface area contributed by atoms with Gasteiger partial charge in [0.05, 0.1) is 16.6 Å². The Kier molecular flexibility index (Phi) is 9.58. The SMILES string of the molecule is CC(=O)N[C@@H]1[C@H](OC(=O)CCn2c(=O)sc3ccccc32)O[C@H](COC(C)=O)[C@H](OC(C)=O)[C@@H]1OC(C)=O. The number of nitrogens with zero attached hydrogens (tertiary/aromatic N) is 1. The number of carbonyl (C=O) groups excluding carboxylic acids is 5. The van der Waals surface area contributed by atoms with Crippen LogP contribution in [0.3, 0.4) is 0 Å². The van der Waals surface area contributed by atoms with Gasteiger partial charge in [-0.2, -0.15) is 0 Å². The Bertz CT molecular complexity index is 1270. The lowest BCUT2D eigenvalue weighted by molar-refractivity contribution is -0.271. The minimum atomic E-state index is -1.51. The van der Waals surface area contributed by atoms with E-state index < -0.39 is 67.0 Å². The molecule has 1 N–H and O–H groups in total. The predicted molar refractivity (Wildman–Crippen MR) is 131 cm³/mol. The van der Waals surface area contributed by atoms with Crippen LogP contribution in [0.4, 0.5) is 0 Å². The molecular formula is C24H28N2O11S. The van der Waals surface area contributed by atoms with Crippen molar-refractivity contribution < 1.29 is 47.7 Å². The van der Waals surface area contributed by atoms with E-state index in [-0.39, 0.29) is 17.8 Å². The summed E-state index contributed by atoms with van der Waals surface area (Å²) in [5, 5.41) is 2.51. The summed E-state index contributed by atoms with van der Waals surface area (Å²) in [5.41, 5.74) is 0.668. The summed E-state index contributed by atoms with van der Waals surface area (Å²) in [6, 6.07) is 5.85. The van der Waals surface area contributed by atoms with E-state index in [1.54, 1.807) is 24.3 Å². The Labute approximate surface area is 220 Å². The molecule has 14 heteroatoms. The van der Waals surface area contributed by atoms with Crippen molar-refractivity contribution in [3.05, 3.63) is 33.9 Å². The Balaban J connectivity index is 1.85. The first kappa shape index (κ1) is 28.8. The van der Waals surface area contributed by atoms with E-state index in [9.17, 15) is 28.8 Å². The molecule has 3 rings (SSSR count). The van der Waals surface area contributed by atoms with Crippen LogP contribution >= 0.6 is 11.3 Å². The number of esters is 4. The molecule has 0 unspecified atom stereocenters. The first-order chi connectivity index (χ1) is 18.0. The number of aromatic nitrogens is 1. The van der Waals surface area contributed by atoms with Crippen LogP contribution in [0.25, 0.3) is 10.2 Å². The van der Waals surface area contributed by atoms with Gasteiger partial charge in [0.2, 0.25) is 12.2 Å². The lowest BCUT2D eigenvalue weighted by Crippen LogP contribution is -2.66. The van der Waals surface area contributed by atoms with Crippen LogP contribution in [0.1, 0.15) is 34.1 Å². The van der Waals surface area contributed by atoms with Crippen LogP contribution in [0.5, 0.6) is 0 Å². The molecule has 0 radical (unpaired) electrons. The molecule has 0 spiro atoms. The summed E-state index contributed by atoms with van der Waals surface area (Å²) >= 11 is 1.04. The van der Waals surface area contributed by atoms with Gasteiger partial charge in [-0.05, 0) is 12.1 Å². The summed E-state index contributed by atoms with van der Waals surface area (Å²) in [4.78, 5) is 72.1. The fraction of sp³-hybridized carbons (Fsp3) is 0.500. The molecule has 1 aromatic carbocycles. The van der Waals surface area contributed by atoms with Crippen molar-refractivity contribution in [2.45, 2.75) is 71.3 Å². The van der Waals surface area contributed by atoms with Crippen molar-refractivity contribution in [1.82, 2.24) is 9.88 Å². The lowest BCUT2D eigenvalue weighted by atomic mass is 9.96. The summed E-state index contributed by atoms with van der Waals surface area (Å²) in [5.74, 6) is -3.55. The number of amides is 1. The largest absolute Gasteiger partial charge is 0.463 e. The molecule has 206 valence electrons. The van der Waals surface area contributed by atoms with E-state index in [1.807, 2.05) is 0 Å². The number of thiazole rings is 1. The fourth-order valence-corrected chi connectivity index (χ4v) is 4.93. The van der Waals surface area contributed by atoms with Gasteiger partial charge in [0.25, 0.3) is 0 Å². The van der Waals surface area contributed by atoms with Crippen molar-refractivity contribution in [3.8, 4) is 0 Å². The number of rotatable bonds is 9. The molecule has 1 fully saturated rings. The smallest absolute Gasteiger partial charge is 0.309 e. The van der Waals surface area contributed by atoms with E-state index in [2.05, 4.69) is 5.32 Å². The molecule has 38 heavy (non-hydrogen) atoms. The van der Waals surface area contributed by atoms with Crippen LogP contribution < -0.4 is 10.2 Å². The highest BCUT2D eigenvalue weighted by molar-refractivity contribution is 7.16. The third-order valence-corrected chi connectivity index (χ3v) is 6.39. The zero-order chi connectivity index (χ0) is 28.0. The number of ether oxygens (including phenoxy) is 5. The van der Waals surface area contributed by atoms with Gasteiger partial charge in [-0.15, -0.1) is 0 Å². The predicted octanol–water partition coefficient (Wildman–Crippen LogP) is 0.652. The summed E-state index contributed by atoms with van der Waals surface area (Å²) in [6.45, 7) is 4.14. The number of hydrogen-bond acceptors (Lipinski definition) is 12.